The molecule has 0 saturated heterocycles. The van der Waals surface area contributed by atoms with Crippen LogP contribution in [0.3, 0.4) is 0 Å². The molecule has 0 saturated carbocycles. The summed E-state index contributed by atoms with van der Waals surface area (Å²) in [6.07, 6.45) is 0.746. The Bertz CT molecular complexity index is 962. The first kappa shape index (κ1) is 19.4. The number of nitrogens with one attached hydrogen (secondary N) is 1. The van der Waals surface area contributed by atoms with Crippen LogP contribution in [0.25, 0.3) is 16.9 Å². The van der Waals surface area contributed by atoms with Crippen LogP contribution < -0.4 is 5.32 Å². The Labute approximate surface area is 164 Å². The number of nitrogens with zero attached hydrogens (tertiary/aromatic N) is 2. The molecule has 1 heterocycles. The molecule has 1 aromatic heterocycles. The van der Waals surface area contributed by atoms with Crippen LogP contribution in [-0.4, -0.2) is 34.3 Å². The number of para-hydroxylation sites is 1. The third-order valence-electron chi connectivity index (χ3n) is 4.28. The molecule has 28 heavy (non-hydrogen) atoms. The number of ether oxygens (including phenoxy) is 1. The number of amides is 1. The van der Waals surface area contributed by atoms with Gasteiger partial charge in [0.2, 0.25) is 0 Å². The molecule has 0 unspecified atom stereocenters. The molecule has 144 valence electrons. The smallest absolute Gasteiger partial charge is 0.342 e. The van der Waals surface area contributed by atoms with Gasteiger partial charge >= 0.3 is 5.97 Å². The molecule has 0 spiro atoms. The second kappa shape index (κ2) is 8.52. The minimum atomic E-state index is -0.890. The van der Waals surface area contributed by atoms with Gasteiger partial charge < -0.3 is 10.1 Å². The average molecular weight is 377 g/mol. The Kier molecular flexibility index (Phi) is 5.89. The van der Waals surface area contributed by atoms with Crippen molar-refractivity contribution in [1.82, 2.24) is 15.1 Å². The summed E-state index contributed by atoms with van der Waals surface area (Å²) in [6, 6.07) is 17.3. The number of rotatable bonds is 6. The van der Waals surface area contributed by atoms with E-state index < -0.39 is 12.1 Å². The Morgan fingerprint density at radius 2 is 1.79 bits per heavy atom. The fraction of sp³-hybridized carbons (Fsp3) is 0.227. The number of aryl methyl sites for hydroxylation is 1. The molecular formula is C22H23N3O3. The molecule has 0 aliphatic carbocycles. The van der Waals surface area contributed by atoms with Gasteiger partial charge in [-0.3, -0.25) is 4.79 Å². The summed E-state index contributed by atoms with van der Waals surface area (Å²) >= 11 is 0. The minimum absolute atomic E-state index is 0.309. The molecule has 3 rings (SSSR count). The van der Waals surface area contributed by atoms with Crippen molar-refractivity contribution in [3.05, 3.63) is 71.9 Å². The molecule has 1 atom stereocenters. The summed E-state index contributed by atoms with van der Waals surface area (Å²) in [5.74, 6) is -0.917. The molecule has 2 aromatic carbocycles. The quantitative estimate of drug-likeness (QED) is 0.667. The maximum absolute atomic E-state index is 12.8. The predicted octanol–water partition coefficient (Wildman–Crippen LogP) is 3.53. The number of benzene rings is 2. The van der Waals surface area contributed by atoms with Crippen molar-refractivity contribution < 1.29 is 14.3 Å². The van der Waals surface area contributed by atoms with Crippen molar-refractivity contribution >= 4 is 11.9 Å². The fourth-order valence-corrected chi connectivity index (χ4v) is 2.76. The van der Waals surface area contributed by atoms with E-state index >= 15 is 0 Å². The zero-order valence-electron chi connectivity index (χ0n) is 16.2. The summed E-state index contributed by atoms with van der Waals surface area (Å²) < 4.78 is 7.02. The van der Waals surface area contributed by atoms with Crippen LogP contribution in [0.1, 0.15) is 29.8 Å². The van der Waals surface area contributed by atoms with Crippen molar-refractivity contribution in [3.63, 3.8) is 0 Å². The lowest BCUT2D eigenvalue weighted by atomic mass is 10.1. The predicted molar refractivity (Wildman–Crippen MR) is 107 cm³/mol. The first-order valence-corrected chi connectivity index (χ1v) is 9.20. The molecule has 6 nitrogen and oxygen atoms in total. The van der Waals surface area contributed by atoms with Gasteiger partial charge in [-0.05, 0) is 32.9 Å². The average Bonchev–Trinajstić information content (AvgIpc) is 3.15. The van der Waals surface area contributed by atoms with Crippen molar-refractivity contribution in [1.29, 1.82) is 0 Å². The molecule has 6 heteroatoms. The van der Waals surface area contributed by atoms with Gasteiger partial charge in [-0.2, -0.15) is 5.10 Å². The van der Waals surface area contributed by atoms with Crippen LogP contribution in [0.15, 0.2) is 60.8 Å². The van der Waals surface area contributed by atoms with Crippen molar-refractivity contribution in [2.45, 2.75) is 26.9 Å². The molecule has 0 aliphatic rings. The lowest BCUT2D eigenvalue weighted by Gasteiger charge is -2.12. The SMILES string of the molecule is CCNC(=O)[C@H](C)OC(=O)c1cn(-c2ccccc2)nc1-c1ccc(C)cc1. The third kappa shape index (κ3) is 4.28. The molecular weight excluding hydrogens is 354 g/mol. The topological polar surface area (TPSA) is 73.2 Å². The van der Waals surface area contributed by atoms with Gasteiger partial charge in [-0.15, -0.1) is 0 Å². The lowest BCUT2D eigenvalue weighted by Crippen LogP contribution is -2.35. The molecule has 1 amide bonds. The van der Waals surface area contributed by atoms with Gasteiger partial charge in [-0.25, -0.2) is 9.48 Å². The van der Waals surface area contributed by atoms with E-state index in [0.717, 1.165) is 16.8 Å². The summed E-state index contributed by atoms with van der Waals surface area (Å²) in [4.78, 5) is 24.7. The van der Waals surface area contributed by atoms with Gasteiger partial charge in [0.1, 0.15) is 11.3 Å². The molecule has 1 N–H and O–H groups in total. The van der Waals surface area contributed by atoms with Crippen LogP contribution in [0.5, 0.6) is 0 Å². The van der Waals surface area contributed by atoms with Crippen LogP contribution in [0.2, 0.25) is 0 Å². The van der Waals surface area contributed by atoms with Gasteiger partial charge in [0.15, 0.2) is 6.10 Å². The monoisotopic (exact) mass is 377 g/mol. The van der Waals surface area contributed by atoms with E-state index in [1.165, 1.54) is 0 Å². The molecule has 0 aliphatic heterocycles. The Morgan fingerprint density at radius 1 is 1.11 bits per heavy atom. The summed E-state index contributed by atoms with van der Waals surface area (Å²) in [5, 5.41) is 7.25. The zero-order chi connectivity index (χ0) is 20.1. The largest absolute Gasteiger partial charge is 0.449 e. The van der Waals surface area contributed by atoms with Crippen molar-refractivity contribution in [2.24, 2.45) is 0 Å². The van der Waals surface area contributed by atoms with Crippen molar-refractivity contribution in [2.75, 3.05) is 6.54 Å². The summed E-state index contributed by atoms with van der Waals surface area (Å²) in [6.45, 7) is 5.83. The van der Waals surface area contributed by atoms with E-state index in [9.17, 15) is 9.59 Å². The van der Waals surface area contributed by atoms with E-state index in [1.54, 1.807) is 17.8 Å². The van der Waals surface area contributed by atoms with E-state index in [1.807, 2.05) is 68.4 Å². The number of likely N-dealkylation sites (N-methyl/N-ethyl adjacent to an activating group) is 1. The second-order valence-electron chi connectivity index (χ2n) is 6.48. The van der Waals surface area contributed by atoms with Gasteiger partial charge in [0.05, 0.1) is 5.69 Å². The van der Waals surface area contributed by atoms with Crippen molar-refractivity contribution in [3.8, 4) is 16.9 Å². The highest BCUT2D eigenvalue weighted by atomic mass is 16.5. The van der Waals surface area contributed by atoms with E-state index in [0.29, 0.717) is 17.8 Å². The van der Waals surface area contributed by atoms with Gasteiger partial charge in [0.25, 0.3) is 5.91 Å². The fourth-order valence-electron chi connectivity index (χ4n) is 2.76. The summed E-state index contributed by atoms with van der Waals surface area (Å²) in [7, 11) is 0. The maximum Gasteiger partial charge on any atom is 0.342 e. The van der Waals surface area contributed by atoms with Crippen LogP contribution >= 0.6 is 0 Å². The lowest BCUT2D eigenvalue weighted by molar-refractivity contribution is -0.128. The van der Waals surface area contributed by atoms with E-state index in [4.69, 9.17) is 4.74 Å². The zero-order valence-corrected chi connectivity index (χ0v) is 16.2. The first-order valence-electron chi connectivity index (χ1n) is 9.20. The van der Waals surface area contributed by atoms with Crippen LogP contribution in [-0.2, 0) is 9.53 Å². The van der Waals surface area contributed by atoms with E-state index in [2.05, 4.69) is 10.4 Å². The highest BCUT2D eigenvalue weighted by Crippen LogP contribution is 2.25. The Balaban J connectivity index is 1.98. The number of hydrogen-bond donors (Lipinski definition) is 1. The second-order valence-corrected chi connectivity index (χ2v) is 6.48. The number of carbonyl (C=O) groups excluding carboxylic acids is 2. The van der Waals surface area contributed by atoms with Gasteiger partial charge in [-0.1, -0.05) is 48.0 Å². The maximum atomic E-state index is 12.8. The van der Waals surface area contributed by atoms with E-state index in [-0.39, 0.29) is 5.91 Å². The van der Waals surface area contributed by atoms with Crippen LogP contribution in [0.4, 0.5) is 0 Å². The standard InChI is InChI=1S/C22H23N3O3/c1-4-23-21(26)16(3)28-22(27)19-14-25(18-8-6-5-7-9-18)24-20(19)17-12-10-15(2)11-13-17/h5-14,16H,4H2,1-3H3,(H,23,26)/t16-/m0/s1. The normalized spacial score (nSPS) is 11.7. The highest BCUT2D eigenvalue weighted by molar-refractivity contribution is 5.97. The molecule has 0 radical (unpaired) electrons. The third-order valence-corrected chi connectivity index (χ3v) is 4.28. The Morgan fingerprint density at radius 3 is 2.43 bits per heavy atom. The Hall–Kier alpha value is -3.41. The number of esters is 1. The number of carbonyl (C=O) groups is 2. The van der Waals surface area contributed by atoms with Crippen LogP contribution in [0, 0.1) is 6.92 Å². The number of hydrogen-bond acceptors (Lipinski definition) is 4. The summed E-state index contributed by atoms with van der Waals surface area (Å²) in [5.41, 5.74) is 3.56. The minimum Gasteiger partial charge on any atom is -0.449 e. The highest BCUT2D eigenvalue weighted by Gasteiger charge is 2.24. The molecule has 3 aromatic rings. The molecule has 0 bridgehead atoms. The first-order chi connectivity index (χ1) is 13.5. The number of aromatic nitrogens is 2. The molecule has 0 fully saturated rings. The van der Waals surface area contributed by atoms with Gasteiger partial charge in [0, 0.05) is 18.3 Å².